The first-order chi connectivity index (χ1) is 6.71. The highest BCUT2D eigenvalue weighted by atomic mass is 32.1. The predicted octanol–water partition coefficient (Wildman–Crippen LogP) is 3.54. The molecule has 1 nitrogen and oxygen atoms in total. The van der Waals surface area contributed by atoms with E-state index in [0.29, 0.717) is 0 Å². The number of hydrogen-bond donors (Lipinski definition) is 1. The van der Waals surface area contributed by atoms with Crippen LogP contribution in [0, 0.1) is 5.92 Å². The molecule has 2 rings (SSSR count). The van der Waals surface area contributed by atoms with Crippen molar-refractivity contribution in [1.29, 1.82) is 0 Å². The Morgan fingerprint density at radius 3 is 3.00 bits per heavy atom. The van der Waals surface area contributed by atoms with Crippen molar-refractivity contribution in [2.45, 2.75) is 44.6 Å². The highest BCUT2D eigenvalue weighted by Crippen LogP contribution is 2.38. The summed E-state index contributed by atoms with van der Waals surface area (Å²) in [5, 5.41) is 14.7. The van der Waals surface area contributed by atoms with Gasteiger partial charge in [-0.1, -0.05) is 13.3 Å². The second-order valence-corrected chi connectivity index (χ2v) is 5.36. The van der Waals surface area contributed by atoms with Gasteiger partial charge < -0.3 is 5.11 Å². The van der Waals surface area contributed by atoms with Crippen LogP contribution in [0.3, 0.4) is 0 Å². The van der Waals surface area contributed by atoms with E-state index in [4.69, 9.17) is 0 Å². The molecule has 78 valence electrons. The Bertz CT molecular complexity index is 281. The number of hydrogen-bond acceptors (Lipinski definition) is 2. The van der Waals surface area contributed by atoms with Gasteiger partial charge in [0.2, 0.25) is 0 Å². The van der Waals surface area contributed by atoms with E-state index < -0.39 is 5.60 Å². The zero-order valence-corrected chi connectivity index (χ0v) is 9.52. The second-order valence-electron chi connectivity index (χ2n) is 4.58. The molecule has 1 aliphatic rings. The first-order valence-corrected chi connectivity index (χ1v) is 6.40. The fraction of sp³-hybridized carbons (Fsp3) is 0.667. The third kappa shape index (κ3) is 2.01. The maximum atomic E-state index is 10.5. The Hall–Kier alpha value is -0.340. The lowest BCUT2D eigenvalue weighted by atomic mass is 9.88. The van der Waals surface area contributed by atoms with Crippen molar-refractivity contribution in [2.24, 2.45) is 5.92 Å². The lowest BCUT2D eigenvalue weighted by Crippen LogP contribution is -2.23. The predicted molar refractivity (Wildman–Crippen MR) is 60.5 cm³/mol. The van der Waals surface area contributed by atoms with Crippen LogP contribution in [0.25, 0.3) is 0 Å². The Morgan fingerprint density at radius 2 is 2.29 bits per heavy atom. The second kappa shape index (κ2) is 4.03. The molecule has 0 amide bonds. The monoisotopic (exact) mass is 210 g/mol. The summed E-state index contributed by atoms with van der Waals surface area (Å²) < 4.78 is 0. The van der Waals surface area contributed by atoms with Gasteiger partial charge >= 0.3 is 0 Å². The van der Waals surface area contributed by atoms with Crippen LogP contribution in [0.15, 0.2) is 16.8 Å². The number of thiophene rings is 1. The molecule has 2 unspecified atom stereocenters. The molecule has 0 bridgehead atoms. The molecule has 1 aromatic rings. The molecule has 0 aromatic carbocycles. The van der Waals surface area contributed by atoms with E-state index in [1.54, 1.807) is 11.3 Å². The Balaban J connectivity index is 2.15. The summed E-state index contributed by atoms with van der Waals surface area (Å²) in [4.78, 5) is 0. The van der Waals surface area contributed by atoms with E-state index in [-0.39, 0.29) is 0 Å². The first-order valence-electron chi connectivity index (χ1n) is 5.46. The molecule has 0 radical (unpaired) electrons. The molecule has 1 saturated carbocycles. The zero-order chi connectivity index (χ0) is 10.0. The maximum absolute atomic E-state index is 10.5. The highest BCUT2D eigenvalue weighted by Gasteiger charge is 2.31. The van der Waals surface area contributed by atoms with Gasteiger partial charge in [0.25, 0.3) is 0 Å². The maximum Gasteiger partial charge on any atom is 0.0904 e. The summed E-state index contributed by atoms with van der Waals surface area (Å²) >= 11 is 1.68. The van der Waals surface area contributed by atoms with E-state index in [9.17, 15) is 5.11 Å². The van der Waals surface area contributed by atoms with Crippen molar-refractivity contribution in [3.63, 3.8) is 0 Å². The Labute approximate surface area is 89.8 Å². The molecule has 2 heteroatoms. The summed E-state index contributed by atoms with van der Waals surface area (Å²) in [5.74, 6) is 0.780. The van der Waals surface area contributed by atoms with Gasteiger partial charge in [0.05, 0.1) is 5.60 Å². The van der Waals surface area contributed by atoms with Gasteiger partial charge in [-0.25, -0.2) is 0 Å². The van der Waals surface area contributed by atoms with Crippen molar-refractivity contribution in [1.82, 2.24) is 0 Å². The van der Waals surface area contributed by atoms with Crippen molar-refractivity contribution < 1.29 is 5.11 Å². The van der Waals surface area contributed by atoms with Gasteiger partial charge in [-0.05, 0) is 54.0 Å². The molecular weight excluding hydrogens is 192 g/mol. The molecule has 1 fully saturated rings. The average Bonchev–Trinajstić information content (AvgIpc) is 2.63. The molecule has 1 N–H and O–H groups in total. The van der Waals surface area contributed by atoms with Crippen LogP contribution in [0.5, 0.6) is 0 Å². The third-order valence-corrected chi connectivity index (χ3v) is 4.08. The lowest BCUT2D eigenvalue weighted by molar-refractivity contribution is 0.0202. The van der Waals surface area contributed by atoms with Gasteiger partial charge in [-0.15, -0.1) is 0 Å². The fourth-order valence-corrected chi connectivity index (χ4v) is 3.06. The molecule has 1 aliphatic carbocycles. The van der Waals surface area contributed by atoms with Crippen LogP contribution < -0.4 is 0 Å². The van der Waals surface area contributed by atoms with Crippen LogP contribution in [-0.2, 0) is 5.60 Å². The van der Waals surface area contributed by atoms with E-state index in [1.165, 1.54) is 6.42 Å². The molecule has 14 heavy (non-hydrogen) atoms. The van der Waals surface area contributed by atoms with Gasteiger partial charge in [0.15, 0.2) is 0 Å². The average molecular weight is 210 g/mol. The number of rotatable bonds is 1. The van der Waals surface area contributed by atoms with Gasteiger partial charge in [0, 0.05) is 0 Å². The molecule has 2 atom stereocenters. The Morgan fingerprint density at radius 1 is 1.43 bits per heavy atom. The van der Waals surface area contributed by atoms with E-state index in [2.05, 4.69) is 23.8 Å². The Kier molecular flexibility index (Phi) is 2.93. The lowest BCUT2D eigenvalue weighted by Gasteiger charge is -2.25. The summed E-state index contributed by atoms with van der Waals surface area (Å²) in [6, 6.07) is 2.07. The summed E-state index contributed by atoms with van der Waals surface area (Å²) in [7, 11) is 0. The molecule has 0 aliphatic heterocycles. The van der Waals surface area contributed by atoms with E-state index in [0.717, 1.165) is 37.2 Å². The van der Waals surface area contributed by atoms with Crippen LogP contribution in [0.2, 0.25) is 0 Å². The third-order valence-electron chi connectivity index (χ3n) is 3.40. The van der Waals surface area contributed by atoms with Crippen molar-refractivity contribution in [2.75, 3.05) is 0 Å². The molecular formula is C12H18OS. The fourth-order valence-electron chi connectivity index (χ4n) is 2.32. The van der Waals surface area contributed by atoms with Gasteiger partial charge in [0.1, 0.15) is 0 Å². The number of aliphatic hydroxyl groups is 1. The molecule has 0 saturated heterocycles. The largest absolute Gasteiger partial charge is 0.385 e. The van der Waals surface area contributed by atoms with E-state index >= 15 is 0 Å². The quantitative estimate of drug-likeness (QED) is 0.703. The molecule has 1 heterocycles. The molecule has 0 spiro atoms. The zero-order valence-electron chi connectivity index (χ0n) is 8.70. The van der Waals surface area contributed by atoms with Crippen molar-refractivity contribution in [3.05, 3.63) is 22.4 Å². The van der Waals surface area contributed by atoms with Crippen LogP contribution >= 0.6 is 11.3 Å². The minimum Gasteiger partial charge on any atom is -0.385 e. The highest BCUT2D eigenvalue weighted by molar-refractivity contribution is 7.08. The van der Waals surface area contributed by atoms with Crippen LogP contribution in [0.1, 0.15) is 44.6 Å². The standard InChI is InChI=1S/C12H18OS/c1-10-3-2-6-12(13,7-4-10)11-5-8-14-9-11/h5,8-10,13H,2-4,6-7H2,1H3. The molecule has 1 aromatic heterocycles. The SMILES string of the molecule is CC1CCCC(O)(c2ccsc2)CC1. The normalized spacial score (nSPS) is 34.0. The topological polar surface area (TPSA) is 20.2 Å². The van der Waals surface area contributed by atoms with Crippen molar-refractivity contribution >= 4 is 11.3 Å². The van der Waals surface area contributed by atoms with Crippen LogP contribution in [0.4, 0.5) is 0 Å². The van der Waals surface area contributed by atoms with Crippen LogP contribution in [-0.4, -0.2) is 5.11 Å². The summed E-state index contributed by atoms with van der Waals surface area (Å²) in [6.45, 7) is 2.29. The van der Waals surface area contributed by atoms with Crippen molar-refractivity contribution in [3.8, 4) is 0 Å². The minimum absolute atomic E-state index is 0.523. The first kappa shape index (κ1) is 10.2. The minimum atomic E-state index is -0.523. The van der Waals surface area contributed by atoms with Gasteiger partial charge in [-0.2, -0.15) is 11.3 Å². The van der Waals surface area contributed by atoms with Gasteiger partial charge in [-0.3, -0.25) is 0 Å². The smallest absolute Gasteiger partial charge is 0.0904 e. The summed E-state index contributed by atoms with van der Waals surface area (Å²) in [5.41, 5.74) is 0.613. The summed E-state index contributed by atoms with van der Waals surface area (Å²) in [6.07, 6.45) is 5.46. The van der Waals surface area contributed by atoms with E-state index in [1.807, 2.05) is 0 Å².